The van der Waals surface area contributed by atoms with E-state index in [0.717, 1.165) is 5.56 Å². The standard InChI is InChI=1S/C25H32N2O6S/c1-3-26(18-20-6-5-7-23-24(20)33-17-16-32-23)25(28)19-12-14-27(15-13-19)34(29,30)22-10-8-21(9-11-22)31-4-2/h5-11,19H,3-4,12-18H2,1-2H3. The van der Waals surface area contributed by atoms with Crippen LogP contribution in [-0.4, -0.2) is 63.0 Å². The van der Waals surface area contributed by atoms with Crippen molar-refractivity contribution in [3.8, 4) is 17.2 Å². The summed E-state index contributed by atoms with van der Waals surface area (Å²) >= 11 is 0. The third kappa shape index (κ3) is 5.15. The molecule has 1 amide bonds. The SMILES string of the molecule is CCOc1ccc(S(=O)(=O)N2CCC(C(=O)N(CC)Cc3cccc4c3OCCO4)CC2)cc1. The van der Waals surface area contributed by atoms with Crippen LogP contribution in [0.3, 0.4) is 0 Å². The van der Waals surface area contributed by atoms with Crippen molar-refractivity contribution in [1.29, 1.82) is 0 Å². The lowest BCUT2D eigenvalue weighted by atomic mass is 9.96. The molecule has 0 saturated carbocycles. The Morgan fingerprint density at radius 3 is 2.44 bits per heavy atom. The lowest BCUT2D eigenvalue weighted by molar-refractivity contribution is -0.137. The van der Waals surface area contributed by atoms with Crippen molar-refractivity contribution in [3.05, 3.63) is 48.0 Å². The molecule has 184 valence electrons. The van der Waals surface area contributed by atoms with Crippen molar-refractivity contribution in [2.45, 2.75) is 38.1 Å². The zero-order valence-electron chi connectivity index (χ0n) is 19.7. The minimum absolute atomic E-state index is 0.0509. The van der Waals surface area contributed by atoms with Gasteiger partial charge in [-0.25, -0.2) is 8.42 Å². The fourth-order valence-electron chi connectivity index (χ4n) is 4.43. The van der Waals surface area contributed by atoms with Crippen LogP contribution in [0.5, 0.6) is 17.2 Å². The monoisotopic (exact) mass is 488 g/mol. The molecule has 2 heterocycles. The largest absolute Gasteiger partial charge is 0.494 e. The van der Waals surface area contributed by atoms with Crippen molar-refractivity contribution in [1.82, 2.24) is 9.21 Å². The Morgan fingerprint density at radius 2 is 1.76 bits per heavy atom. The van der Waals surface area contributed by atoms with E-state index in [1.165, 1.54) is 4.31 Å². The normalized spacial score (nSPS) is 16.8. The van der Waals surface area contributed by atoms with E-state index in [1.54, 1.807) is 24.3 Å². The second kappa shape index (κ2) is 10.7. The number of rotatable bonds is 8. The topological polar surface area (TPSA) is 85.4 Å². The maximum atomic E-state index is 13.3. The van der Waals surface area contributed by atoms with E-state index in [4.69, 9.17) is 14.2 Å². The molecule has 0 bridgehead atoms. The fraction of sp³-hybridized carbons (Fsp3) is 0.480. The first kappa shape index (κ1) is 24.3. The molecule has 1 saturated heterocycles. The summed E-state index contributed by atoms with van der Waals surface area (Å²) in [6.07, 6.45) is 0.996. The number of hydrogen-bond donors (Lipinski definition) is 0. The lowest BCUT2D eigenvalue weighted by Crippen LogP contribution is -2.44. The number of nitrogens with zero attached hydrogens (tertiary/aromatic N) is 2. The van der Waals surface area contributed by atoms with Gasteiger partial charge >= 0.3 is 0 Å². The molecular formula is C25H32N2O6S. The summed E-state index contributed by atoms with van der Waals surface area (Å²) in [5, 5.41) is 0. The van der Waals surface area contributed by atoms with Crippen LogP contribution in [0.4, 0.5) is 0 Å². The quantitative estimate of drug-likeness (QED) is 0.567. The zero-order chi connectivity index (χ0) is 24.1. The third-order valence-electron chi connectivity index (χ3n) is 6.28. The lowest BCUT2D eigenvalue weighted by Gasteiger charge is -2.33. The Bertz CT molecular complexity index is 1090. The van der Waals surface area contributed by atoms with Crippen molar-refractivity contribution in [3.63, 3.8) is 0 Å². The van der Waals surface area contributed by atoms with Gasteiger partial charge in [0.05, 0.1) is 11.5 Å². The Kier molecular flexibility index (Phi) is 7.63. The third-order valence-corrected chi connectivity index (χ3v) is 8.19. The van der Waals surface area contributed by atoms with Crippen LogP contribution in [0.15, 0.2) is 47.4 Å². The van der Waals surface area contributed by atoms with Crippen LogP contribution in [0, 0.1) is 5.92 Å². The number of para-hydroxylation sites is 1. The fourth-order valence-corrected chi connectivity index (χ4v) is 5.90. The van der Waals surface area contributed by atoms with Crippen LogP contribution < -0.4 is 14.2 Å². The first-order valence-electron chi connectivity index (χ1n) is 11.8. The average Bonchev–Trinajstić information content (AvgIpc) is 2.87. The smallest absolute Gasteiger partial charge is 0.243 e. The molecule has 0 spiro atoms. The first-order valence-corrected chi connectivity index (χ1v) is 13.3. The van der Waals surface area contributed by atoms with Gasteiger partial charge < -0.3 is 19.1 Å². The van der Waals surface area contributed by atoms with Gasteiger partial charge in [-0.05, 0) is 57.0 Å². The van der Waals surface area contributed by atoms with Gasteiger partial charge in [0, 0.05) is 37.7 Å². The Hall–Kier alpha value is -2.78. The molecule has 2 aromatic carbocycles. The molecule has 9 heteroatoms. The van der Waals surface area contributed by atoms with Gasteiger partial charge in [-0.1, -0.05) is 12.1 Å². The van der Waals surface area contributed by atoms with Gasteiger partial charge in [-0.2, -0.15) is 4.31 Å². The average molecular weight is 489 g/mol. The van der Waals surface area contributed by atoms with Gasteiger partial charge in [0.15, 0.2) is 11.5 Å². The van der Waals surface area contributed by atoms with Gasteiger partial charge in [0.1, 0.15) is 19.0 Å². The molecule has 2 aromatic rings. The van der Waals surface area contributed by atoms with Gasteiger partial charge in [-0.3, -0.25) is 4.79 Å². The van der Waals surface area contributed by atoms with E-state index < -0.39 is 10.0 Å². The highest BCUT2D eigenvalue weighted by Gasteiger charge is 2.34. The highest BCUT2D eigenvalue weighted by Crippen LogP contribution is 2.35. The van der Waals surface area contributed by atoms with Crippen molar-refractivity contribution < 1.29 is 27.4 Å². The summed E-state index contributed by atoms with van der Waals surface area (Å²) < 4.78 is 44.5. The number of piperidine rings is 1. The number of amides is 1. The second-order valence-corrected chi connectivity index (χ2v) is 10.3. The van der Waals surface area contributed by atoms with E-state index in [0.29, 0.717) is 76.1 Å². The summed E-state index contributed by atoms with van der Waals surface area (Å²) in [4.78, 5) is 15.4. The molecule has 0 atom stereocenters. The number of sulfonamides is 1. The first-order chi connectivity index (χ1) is 16.4. The second-order valence-electron chi connectivity index (χ2n) is 8.38. The number of ether oxygens (including phenoxy) is 3. The van der Waals surface area contributed by atoms with Crippen LogP contribution >= 0.6 is 0 Å². The van der Waals surface area contributed by atoms with Crippen LogP contribution in [0.25, 0.3) is 0 Å². The molecule has 0 aliphatic carbocycles. The van der Waals surface area contributed by atoms with E-state index in [2.05, 4.69) is 0 Å². The van der Waals surface area contributed by atoms with Crippen LogP contribution in [-0.2, 0) is 21.4 Å². The van der Waals surface area contributed by atoms with E-state index in [1.807, 2.05) is 36.9 Å². The van der Waals surface area contributed by atoms with E-state index in [-0.39, 0.29) is 16.7 Å². The van der Waals surface area contributed by atoms with Crippen molar-refractivity contribution in [2.75, 3.05) is 39.5 Å². The number of benzene rings is 2. The van der Waals surface area contributed by atoms with E-state index in [9.17, 15) is 13.2 Å². The molecule has 2 aliphatic heterocycles. The van der Waals surface area contributed by atoms with Crippen LogP contribution in [0.2, 0.25) is 0 Å². The number of fused-ring (bicyclic) bond motifs is 1. The Labute approximate surface area is 201 Å². The molecule has 4 rings (SSSR count). The highest BCUT2D eigenvalue weighted by molar-refractivity contribution is 7.89. The molecule has 0 radical (unpaired) electrons. The minimum atomic E-state index is -3.61. The summed E-state index contributed by atoms with van der Waals surface area (Å²) in [6.45, 7) is 7.01. The van der Waals surface area contributed by atoms with Crippen molar-refractivity contribution >= 4 is 15.9 Å². The molecule has 34 heavy (non-hydrogen) atoms. The zero-order valence-corrected chi connectivity index (χ0v) is 20.6. The molecule has 8 nitrogen and oxygen atoms in total. The summed E-state index contributed by atoms with van der Waals surface area (Å²) in [7, 11) is -3.61. The molecule has 0 N–H and O–H groups in total. The summed E-state index contributed by atoms with van der Waals surface area (Å²) in [6, 6.07) is 12.2. The predicted molar refractivity (Wildman–Crippen MR) is 128 cm³/mol. The number of hydrogen-bond acceptors (Lipinski definition) is 6. The molecule has 2 aliphatic rings. The maximum Gasteiger partial charge on any atom is 0.243 e. The Morgan fingerprint density at radius 1 is 1.06 bits per heavy atom. The van der Waals surface area contributed by atoms with Gasteiger partial charge in [0.2, 0.25) is 15.9 Å². The highest BCUT2D eigenvalue weighted by atomic mass is 32.2. The molecular weight excluding hydrogens is 456 g/mol. The minimum Gasteiger partial charge on any atom is -0.494 e. The van der Waals surface area contributed by atoms with Gasteiger partial charge in [0.25, 0.3) is 0 Å². The maximum absolute atomic E-state index is 13.3. The van der Waals surface area contributed by atoms with Gasteiger partial charge in [-0.15, -0.1) is 0 Å². The molecule has 0 unspecified atom stereocenters. The van der Waals surface area contributed by atoms with Crippen LogP contribution in [0.1, 0.15) is 32.3 Å². The summed E-state index contributed by atoms with van der Waals surface area (Å²) in [5.74, 6) is 1.90. The number of carbonyl (C=O) groups is 1. The van der Waals surface area contributed by atoms with Crippen molar-refractivity contribution in [2.24, 2.45) is 5.92 Å². The predicted octanol–water partition coefficient (Wildman–Crippen LogP) is 3.31. The molecule has 0 aromatic heterocycles. The van der Waals surface area contributed by atoms with E-state index >= 15 is 0 Å². The summed E-state index contributed by atoms with van der Waals surface area (Å²) in [5.41, 5.74) is 0.919. The Balaban J connectivity index is 1.38. The molecule has 1 fully saturated rings. The number of carbonyl (C=O) groups excluding carboxylic acids is 1.